The summed E-state index contributed by atoms with van der Waals surface area (Å²) in [5, 5.41) is 38.1. The van der Waals surface area contributed by atoms with Gasteiger partial charge >= 0.3 is 0 Å². The molecule has 3 aliphatic rings. The first-order valence-electron chi connectivity index (χ1n) is 12.8. The Morgan fingerprint density at radius 3 is 1.86 bits per heavy atom. The van der Waals surface area contributed by atoms with E-state index >= 15 is 0 Å². The highest BCUT2D eigenvalue weighted by atomic mass is 16.7. The predicted octanol–water partition coefficient (Wildman–Crippen LogP) is 2.26. The van der Waals surface area contributed by atoms with Crippen LogP contribution in [0.5, 0.6) is 0 Å². The topological polar surface area (TPSA) is 204 Å². The van der Waals surface area contributed by atoms with Gasteiger partial charge in [-0.15, -0.1) is 0 Å². The van der Waals surface area contributed by atoms with Crippen LogP contribution in [0.25, 0.3) is 20.9 Å². The van der Waals surface area contributed by atoms with Gasteiger partial charge in [0.25, 0.3) is 0 Å². The quantitative estimate of drug-likeness (QED) is 0.241. The summed E-state index contributed by atoms with van der Waals surface area (Å²) in [5.41, 5.74) is 18.0. The van der Waals surface area contributed by atoms with E-state index in [1.807, 2.05) is 34.6 Å². The Labute approximate surface area is 216 Å². The molecule has 0 aromatic rings. The lowest BCUT2D eigenvalue weighted by Gasteiger charge is -2.49. The summed E-state index contributed by atoms with van der Waals surface area (Å²) in [6, 6.07) is -1.46. The van der Waals surface area contributed by atoms with Crippen LogP contribution < -0.4 is 0 Å². The van der Waals surface area contributed by atoms with E-state index in [2.05, 4.69) is 20.1 Å². The fourth-order valence-corrected chi connectivity index (χ4v) is 5.57. The van der Waals surface area contributed by atoms with Crippen LogP contribution in [-0.4, -0.2) is 95.9 Å². The summed E-state index contributed by atoms with van der Waals surface area (Å²) < 4.78 is 30.5. The first-order chi connectivity index (χ1) is 17.6. The van der Waals surface area contributed by atoms with Crippen molar-refractivity contribution >= 4 is 0 Å². The van der Waals surface area contributed by atoms with Crippen molar-refractivity contribution in [3.8, 4) is 0 Å². The molecular formula is C23H40N6O8. The first-order valence-corrected chi connectivity index (χ1v) is 12.8. The van der Waals surface area contributed by atoms with Gasteiger partial charge in [-0.25, -0.2) is 0 Å². The molecule has 3 N–H and O–H groups in total. The number of aliphatic hydroxyl groups excluding tert-OH is 3. The molecular weight excluding hydrogens is 488 g/mol. The first kappa shape index (κ1) is 29.9. The van der Waals surface area contributed by atoms with Crippen LogP contribution in [-0.2, 0) is 23.7 Å². The fraction of sp³-hybridized carbons (Fsp3) is 1.00. The highest BCUT2D eigenvalue weighted by Crippen LogP contribution is 2.39. The molecule has 3 saturated heterocycles. The summed E-state index contributed by atoms with van der Waals surface area (Å²) in [5.74, 6) is -0.455. The van der Waals surface area contributed by atoms with Crippen molar-refractivity contribution in [2.45, 2.75) is 109 Å². The second kappa shape index (κ2) is 12.9. The van der Waals surface area contributed by atoms with E-state index in [0.29, 0.717) is 0 Å². The molecule has 0 amide bonds. The number of azide groups is 2. The van der Waals surface area contributed by atoms with E-state index in [9.17, 15) is 15.3 Å². The summed E-state index contributed by atoms with van der Waals surface area (Å²) >= 11 is 0. The lowest BCUT2D eigenvalue weighted by atomic mass is 9.82. The third kappa shape index (κ3) is 6.15. The van der Waals surface area contributed by atoms with Gasteiger partial charge < -0.3 is 39.0 Å². The SMILES string of the molecule is CC1[C@H](O[C@H]2C(CO)O[C@@H](C)C(N=[N+]=[N-])[C@H]2O)OC(C)[C@H](O[C@@H]2OC(CO)[C@H](C)[C@H](C)C2N=[N+]=[N-])[C@@H]1C. The summed E-state index contributed by atoms with van der Waals surface area (Å²) in [7, 11) is 0. The van der Waals surface area contributed by atoms with E-state index in [0.717, 1.165) is 0 Å². The zero-order valence-corrected chi connectivity index (χ0v) is 22.1. The van der Waals surface area contributed by atoms with Gasteiger partial charge in [0.1, 0.15) is 12.2 Å². The molecule has 0 bridgehead atoms. The van der Waals surface area contributed by atoms with E-state index in [-0.39, 0.29) is 30.3 Å². The molecule has 14 nitrogen and oxygen atoms in total. The Balaban J connectivity index is 1.75. The van der Waals surface area contributed by atoms with Crippen molar-refractivity contribution in [1.82, 2.24) is 0 Å². The number of hydrogen-bond acceptors (Lipinski definition) is 10. The van der Waals surface area contributed by atoms with Gasteiger partial charge in [0.05, 0.1) is 55.8 Å². The van der Waals surface area contributed by atoms with Crippen LogP contribution in [0.15, 0.2) is 10.2 Å². The Hall–Kier alpha value is -1.70. The summed E-state index contributed by atoms with van der Waals surface area (Å²) in [6.45, 7) is 10.7. The highest BCUT2D eigenvalue weighted by molar-refractivity contribution is 4.97. The zero-order valence-electron chi connectivity index (χ0n) is 22.1. The van der Waals surface area contributed by atoms with Crippen LogP contribution in [0.3, 0.4) is 0 Å². The van der Waals surface area contributed by atoms with Crippen molar-refractivity contribution in [2.75, 3.05) is 13.2 Å². The van der Waals surface area contributed by atoms with E-state index in [4.69, 9.17) is 34.7 Å². The Kier molecular flexibility index (Phi) is 10.4. The monoisotopic (exact) mass is 528 g/mol. The molecule has 3 fully saturated rings. The molecule has 0 spiro atoms. The minimum atomic E-state index is -1.20. The molecule has 0 aromatic carbocycles. The van der Waals surface area contributed by atoms with Crippen molar-refractivity contribution in [1.29, 1.82) is 0 Å². The second-order valence-corrected chi connectivity index (χ2v) is 10.5. The Morgan fingerprint density at radius 1 is 0.676 bits per heavy atom. The lowest BCUT2D eigenvalue weighted by molar-refractivity contribution is -0.335. The number of aliphatic hydroxyl groups is 3. The summed E-state index contributed by atoms with van der Waals surface area (Å²) in [6.07, 6.45) is -6.63. The maximum absolute atomic E-state index is 10.9. The minimum absolute atomic E-state index is 0.0324. The van der Waals surface area contributed by atoms with Gasteiger partial charge in [-0.2, -0.15) is 0 Å². The van der Waals surface area contributed by atoms with Gasteiger partial charge in [0, 0.05) is 15.7 Å². The molecule has 15 atom stereocenters. The van der Waals surface area contributed by atoms with Gasteiger partial charge in [-0.05, 0) is 42.7 Å². The van der Waals surface area contributed by atoms with Crippen molar-refractivity contribution < 1.29 is 39.0 Å². The number of nitrogens with zero attached hydrogens (tertiary/aromatic N) is 6. The van der Waals surface area contributed by atoms with Gasteiger partial charge in [-0.3, -0.25) is 0 Å². The number of ether oxygens (including phenoxy) is 5. The molecule has 210 valence electrons. The minimum Gasteiger partial charge on any atom is -0.394 e. The van der Waals surface area contributed by atoms with Crippen molar-refractivity contribution in [3.63, 3.8) is 0 Å². The van der Waals surface area contributed by atoms with Crippen LogP contribution in [0, 0.1) is 23.7 Å². The highest BCUT2D eigenvalue weighted by Gasteiger charge is 2.50. The van der Waals surface area contributed by atoms with E-state index in [1.165, 1.54) is 0 Å². The number of hydrogen-bond donors (Lipinski definition) is 3. The molecule has 6 unspecified atom stereocenters. The van der Waals surface area contributed by atoms with Gasteiger partial charge in [0.2, 0.25) is 0 Å². The second-order valence-electron chi connectivity index (χ2n) is 10.5. The molecule has 37 heavy (non-hydrogen) atoms. The normalized spacial score (nSPS) is 48.5. The zero-order chi connectivity index (χ0) is 27.4. The molecule has 0 radical (unpaired) electrons. The van der Waals surface area contributed by atoms with Crippen LogP contribution >= 0.6 is 0 Å². The maximum Gasteiger partial charge on any atom is 0.167 e. The standard InChI is InChI=1S/C23H40N6O8/c1-9-10(2)17(26-28-24)23(35-15(9)7-30)36-20-11(3)12(4)22(34-14(20)6)37-21-16(8-31)33-13(5)18(19(21)32)27-29-25/h9-23,30-32H,7-8H2,1-6H3/t9-,10+,11-,12?,13+,14?,15?,16?,17?,18?,19-,20-,21+,22+,23+/m1/s1. The lowest BCUT2D eigenvalue weighted by Crippen LogP contribution is -2.61. The average molecular weight is 529 g/mol. The van der Waals surface area contributed by atoms with E-state index in [1.54, 1.807) is 6.92 Å². The van der Waals surface area contributed by atoms with Crippen LogP contribution in [0.4, 0.5) is 0 Å². The smallest absolute Gasteiger partial charge is 0.167 e. The third-order valence-electron chi connectivity index (χ3n) is 8.37. The van der Waals surface area contributed by atoms with Crippen molar-refractivity contribution in [3.05, 3.63) is 20.9 Å². The number of rotatable bonds is 8. The maximum atomic E-state index is 10.9. The summed E-state index contributed by atoms with van der Waals surface area (Å²) in [4.78, 5) is 5.78. The predicted molar refractivity (Wildman–Crippen MR) is 130 cm³/mol. The van der Waals surface area contributed by atoms with Gasteiger partial charge in [-0.1, -0.05) is 37.9 Å². The van der Waals surface area contributed by atoms with Gasteiger partial charge in [0.15, 0.2) is 12.6 Å². The molecule has 14 heteroatoms. The van der Waals surface area contributed by atoms with Crippen molar-refractivity contribution in [2.24, 2.45) is 33.9 Å². The van der Waals surface area contributed by atoms with Crippen LogP contribution in [0.2, 0.25) is 0 Å². The molecule has 0 aliphatic carbocycles. The largest absolute Gasteiger partial charge is 0.394 e. The average Bonchev–Trinajstić information content (AvgIpc) is 2.87. The molecule has 3 aliphatic heterocycles. The van der Waals surface area contributed by atoms with Crippen LogP contribution in [0.1, 0.15) is 41.5 Å². The molecule has 0 saturated carbocycles. The Bertz CT molecular complexity index is 857. The van der Waals surface area contributed by atoms with E-state index < -0.39 is 74.0 Å². The third-order valence-corrected chi connectivity index (χ3v) is 8.37. The molecule has 3 rings (SSSR count). The fourth-order valence-electron chi connectivity index (χ4n) is 5.57. The molecule has 0 aromatic heterocycles. The molecule has 3 heterocycles. The Morgan fingerprint density at radius 2 is 1.27 bits per heavy atom.